The minimum absolute atomic E-state index is 0.332. The summed E-state index contributed by atoms with van der Waals surface area (Å²) in [5.41, 5.74) is 0. The zero-order chi connectivity index (χ0) is 5.70. The maximum absolute atomic E-state index is 4.83. The predicted octanol–water partition coefficient (Wildman–Crippen LogP) is 0.304. The summed E-state index contributed by atoms with van der Waals surface area (Å²) in [4.78, 5) is 0. The van der Waals surface area contributed by atoms with Gasteiger partial charge in [-0.05, 0) is 0 Å². The molecule has 0 heterocycles. The van der Waals surface area contributed by atoms with Gasteiger partial charge < -0.3 is 0 Å². The molecule has 42 valence electrons. The summed E-state index contributed by atoms with van der Waals surface area (Å²) in [5.74, 6) is 0. The van der Waals surface area contributed by atoms with Gasteiger partial charge in [0.05, 0.1) is 0 Å². The molecule has 0 saturated heterocycles. The number of rotatable bonds is 3. The van der Waals surface area contributed by atoms with Crippen LogP contribution in [-0.2, 0) is 25.3 Å². The second kappa shape index (κ2) is 4.48. The van der Waals surface area contributed by atoms with Crippen LogP contribution in [0.1, 0.15) is 6.92 Å². The van der Waals surface area contributed by atoms with Gasteiger partial charge in [-0.1, -0.05) is 0 Å². The summed E-state index contributed by atoms with van der Waals surface area (Å²) in [6.45, 7) is 2.16. The topological polar surface area (TPSA) is 18.5 Å². The summed E-state index contributed by atoms with van der Waals surface area (Å²) in [7, 11) is 1.59. The Balaban J connectivity index is 2.82. The van der Waals surface area contributed by atoms with Crippen molar-refractivity contribution < 1.29 is 25.3 Å². The van der Waals surface area contributed by atoms with Crippen LogP contribution in [-0.4, -0.2) is 18.5 Å². The molecule has 0 N–H and O–H groups in total. The van der Waals surface area contributed by atoms with Crippen LogP contribution < -0.4 is 0 Å². The third-order valence-electron chi connectivity index (χ3n) is 0.380. The summed E-state index contributed by atoms with van der Waals surface area (Å²) < 4.78 is 10.2. The van der Waals surface area contributed by atoms with Crippen molar-refractivity contribution in [2.45, 2.75) is 6.92 Å². The van der Waals surface area contributed by atoms with Crippen molar-refractivity contribution >= 4 is 4.57 Å². The fraction of sp³-hybridized carbons (Fsp3) is 0.750. The third-order valence-corrected chi connectivity index (χ3v) is 0.564. The summed E-state index contributed by atoms with van der Waals surface area (Å²) >= 11 is 2.69. The Bertz CT molecular complexity index is 62.7. The number of ether oxygens (including phenoxy) is 2. The van der Waals surface area contributed by atoms with Crippen molar-refractivity contribution in [1.29, 1.82) is 0 Å². The third kappa shape index (κ3) is 6.32. The molecule has 0 unspecified atom stereocenters. The van der Waals surface area contributed by atoms with E-state index in [9.17, 15) is 0 Å². The molecule has 0 aromatic carbocycles. The molecule has 0 aliphatic heterocycles. The van der Waals surface area contributed by atoms with E-state index >= 15 is 0 Å². The van der Waals surface area contributed by atoms with Gasteiger partial charge in [-0.3, -0.25) is 0 Å². The molecule has 0 saturated carbocycles. The van der Waals surface area contributed by atoms with E-state index in [1.807, 2.05) is 6.92 Å². The minimum atomic E-state index is 0.332. The summed E-state index contributed by atoms with van der Waals surface area (Å²) in [6, 6.07) is 0. The van der Waals surface area contributed by atoms with Gasteiger partial charge in [-0.2, -0.15) is 0 Å². The fourth-order valence-corrected chi connectivity index (χ4v) is 0.217. The first-order valence-corrected chi connectivity index (χ1v) is 2.53. The first-order valence-electron chi connectivity index (χ1n) is 1.89. The van der Waals surface area contributed by atoms with Gasteiger partial charge in [-0.15, -0.1) is 0 Å². The van der Waals surface area contributed by atoms with Crippen LogP contribution in [0, 0.1) is 0 Å². The Kier molecular flexibility index (Phi) is 4.69. The molecule has 2 nitrogen and oxygen atoms in total. The van der Waals surface area contributed by atoms with Crippen molar-refractivity contribution in [3.63, 3.8) is 0 Å². The maximum atomic E-state index is 4.83. The Hall–Kier alpha value is 0.322. The molecule has 0 rings (SSSR count). The van der Waals surface area contributed by atoms with Crippen molar-refractivity contribution in [1.82, 2.24) is 0 Å². The normalized spacial score (nSPS) is 8.86. The van der Waals surface area contributed by atoms with Crippen molar-refractivity contribution in [2.75, 3.05) is 13.9 Å². The van der Waals surface area contributed by atoms with Crippen molar-refractivity contribution in [3.8, 4) is 0 Å². The van der Waals surface area contributed by atoms with Crippen LogP contribution in [0.4, 0.5) is 0 Å². The van der Waals surface area contributed by atoms with E-state index in [0.717, 1.165) is 4.57 Å². The second-order valence-electron chi connectivity index (χ2n) is 1.04. The fourth-order valence-electron chi connectivity index (χ4n) is 0.142. The van der Waals surface area contributed by atoms with Gasteiger partial charge in [0.2, 0.25) is 0 Å². The van der Waals surface area contributed by atoms with Gasteiger partial charge in [0.15, 0.2) is 0 Å². The first kappa shape index (κ1) is 7.32. The molecule has 0 aliphatic carbocycles. The Morgan fingerprint density at radius 3 is 2.43 bits per heavy atom. The van der Waals surface area contributed by atoms with Crippen molar-refractivity contribution in [2.24, 2.45) is 0 Å². The van der Waals surface area contributed by atoms with Crippen LogP contribution in [0.2, 0.25) is 0 Å². The molecule has 0 fully saturated rings. The van der Waals surface area contributed by atoms with E-state index in [4.69, 9.17) is 4.74 Å². The van der Waals surface area contributed by atoms with E-state index in [1.165, 1.54) is 0 Å². The second-order valence-corrected chi connectivity index (χ2v) is 1.94. The molecule has 0 radical (unpaired) electrons. The van der Waals surface area contributed by atoms with Crippen LogP contribution in [0.5, 0.6) is 0 Å². The summed E-state index contributed by atoms with van der Waals surface area (Å²) in [6.07, 6.45) is 0. The SMILES string of the molecule is COCO[C](C)=[Cr]. The van der Waals surface area contributed by atoms with Gasteiger partial charge in [0, 0.05) is 0 Å². The number of methoxy groups -OCH3 is 1. The van der Waals surface area contributed by atoms with E-state index in [1.54, 1.807) is 7.11 Å². The van der Waals surface area contributed by atoms with Crippen LogP contribution in [0.25, 0.3) is 0 Å². The Morgan fingerprint density at radius 1 is 1.71 bits per heavy atom. The Labute approximate surface area is 51.4 Å². The van der Waals surface area contributed by atoms with E-state index in [-0.39, 0.29) is 0 Å². The molecule has 7 heavy (non-hydrogen) atoms. The van der Waals surface area contributed by atoms with Crippen LogP contribution in [0.15, 0.2) is 0 Å². The monoisotopic (exact) mass is 140 g/mol. The first-order chi connectivity index (χ1) is 3.27. The van der Waals surface area contributed by atoms with Gasteiger partial charge >= 0.3 is 50.7 Å². The zero-order valence-corrected chi connectivity index (χ0v) is 5.71. The molecule has 0 aromatic rings. The Morgan fingerprint density at radius 2 is 2.29 bits per heavy atom. The average molecular weight is 140 g/mol. The van der Waals surface area contributed by atoms with Crippen LogP contribution in [0.3, 0.4) is 0 Å². The van der Waals surface area contributed by atoms with Gasteiger partial charge in [0.25, 0.3) is 0 Å². The number of hydrogen-bond donors (Lipinski definition) is 0. The molecule has 0 amide bonds. The molecule has 0 aliphatic rings. The molecule has 0 spiro atoms. The molecule has 0 bridgehead atoms. The van der Waals surface area contributed by atoms with E-state index in [2.05, 4.69) is 20.6 Å². The van der Waals surface area contributed by atoms with Crippen LogP contribution >= 0.6 is 0 Å². The van der Waals surface area contributed by atoms with E-state index < -0.39 is 0 Å². The molecule has 0 atom stereocenters. The molecular formula is C4H8CrO2. The standard InChI is InChI=1S/C4H8O2.Cr/c1-3-6-4-5-2;/h4H2,1-2H3;. The average Bonchev–Trinajstić information content (AvgIpc) is 1.61. The van der Waals surface area contributed by atoms with Gasteiger partial charge in [-0.25, -0.2) is 0 Å². The quantitative estimate of drug-likeness (QED) is 0.525. The van der Waals surface area contributed by atoms with E-state index in [0.29, 0.717) is 6.79 Å². The molecule has 0 aromatic heterocycles. The molecule has 3 heteroatoms. The predicted molar refractivity (Wildman–Crippen MR) is 23.6 cm³/mol. The summed E-state index contributed by atoms with van der Waals surface area (Å²) in [5, 5.41) is 0. The number of hydrogen-bond acceptors (Lipinski definition) is 2. The van der Waals surface area contributed by atoms with Gasteiger partial charge in [0.1, 0.15) is 0 Å². The van der Waals surface area contributed by atoms with Crippen molar-refractivity contribution in [3.05, 3.63) is 0 Å². The molecular weight excluding hydrogens is 132 g/mol. The zero-order valence-electron chi connectivity index (χ0n) is 4.43.